The second-order valence-corrected chi connectivity index (χ2v) is 7.90. The lowest BCUT2D eigenvalue weighted by Gasteiger charge is -2.43. The minimum absolute atomic E-state index is 0.0300. The topological polar surface area (TPSA) is 46.3 Å². The standard InChI is InChI=1S/C17H25FN2OS/c1-12(10-22-14-6-4-13(18)5-7-14)16(21)20-9-8-15(19)17(2,3)11-20/h4-7,12,15H,8-11,19H2,1-3H3. The fourth-order valence-electron chi connectivity index (χ4n) is 2.70. The van der Waals surface area contributed by atoms with E-state index in [-0.39, 0.29) is 29.1 Å². The molecule has 0 saturated carbocycles. The van der Waals surface area contributed by atoms with Crippen LogP contribution < -0.4 is 5.73 Å². The molecule has 2 atom stereocenters. The molecule has 3 nitrogen and oxygen atoms in total. The van der Waals surface area contributed by atoms with Crippen LogP contribution in [0.5, 0.6) is 0 Å². The number of amides is 1. The molecule has 22 heavy (non-hydrogen) atoms. The van der Waals surface area contributed by atoms with Crippen molar-refractivity contribution in [1.82, 2.24) is 4.90 Å². The molecule has 0 radical (unpaired) electrons. The fourth-order valence-corrected chi connectivity index (χ4v) is 3.61. The van der Waals surface area contributed by atoms with Gasteiger partial charge in [-0.3, -0.25) is 4.79 Å². The number of benzene rings is 1. The van der Waals surface area contributed by atoms with E-state index in [2.05, 4.69) is 13.8 Å². The van der Waals surface area contributed by atoms with Crippen LogP contribution in [0.2, 0.25) is 0 Å². The molecule has 1 aliphatic rings. The van der Waals surface area contributed by atoms with E-state index in [1.165, 1.54) is 12.1 Å². The molecule has 2 rings (SSSR count). The van der Waals surface area contributed by atoms with Crippen molar-refractivity contribution in [3.63, 3.8) is 0 Å². The van der Waals surface area contributed by atoms with E-state index < -0.39 is 0 Å². The van der Waals surface area contributed by atoms with Gasteiger partial charge in [0, 0.05) is 35.7 Å². The van der Waals surface area contributed by atoms with Crippen LogP contribution in [0, 0.1) is 17.2 Å². The van der Waals surface area contributed by atoms with E-state index in [0.717, 1.165) is 24.4 Å². The Morgan fingerprint density at radius 1 is 1.45 bits per heavy atom. The van der Waals surface area contributed by atoms with Gasteiger partial charge in [-0.2, -0.15) is 0 Å². The lowest BCUT2D eigenvalue weighted by Crippen LogP contribution is -2.55. The highest BCUT2D eigenvalue weighted by Gasteiger charge is 2.36. The molecule has 0 aromatic heterocycles. The Hall–Kier alpha value is -1.07. The first-order chi connectivity index (χ1) is 10.3. The van der Waals surface area contributed by atoms with Crippen molar-refractivity contribution < 1.29 is 9.18 Å². The molecule has 122 valence electrons. The molecule has 1 aromatic carbocycles. The number of thioether (sulfide) groups is 1. The van der Waals surface area contributed by atoms with Crippen LogP contribution in [-0.4, -0.2) is 35.7 Å². The van der Waals surface area contributed by atoms with Gasteiger partial charge < -0.3 is 10.6 Å². The van der Waals surface area contributed by atoms with Crippen LogP contribution in [0.3, 0.4) is 0 Å². The first-order valence-electron chi connectivity index (χ1n) is 7.72. The highest BCUT2D eigenvalue weighted by Crippen LogP contribution is 2.29. The summed E-state index contributed by atoms with van der Waals surface area (Å²) in [4.78, 5) is 15.5. The van der Waals surface area contributed by atoms with E-state index in [0.29, 0.717) is 5.75 Å². The summed E-state index contributed by atoms with van der Waals surface area (Å²) in [5.41, 5.74) is 6.10. The van der Waals surface area contributed by atoms with Crippen LogP contribution in [0.4, 0.5) is 4.39 Å². The molecule has 0 spiro atoms. The number of nitrogens with zero attached hydrogens (tertiary/aromatic N) is 1. The lowest BCUT2D eigenvalue weighted by atomic mass is 9.79. The maximum Gasteiger partial charge on any atom is 0.226 e. The summed E-state index contributed by atoms with van der Waals surface area (Å²) in [6.07, 6.45) is 0.858. The molecule has 0 bridgehead atoms. The zero-order valence-corrected chi connectivity index (χ0v) is 14.3. The summed E-state index contributed by atoms with van der Waals surface area (Å²) < 4.78 is 12.9. The van der Waals surface area contributed by atoms with Gasteiger partial charge in [0.1, 0.15) is 5.82 Å². The maximum atomic E-state index is 12.9. The minimum atomic E-state index is -0.236. The molecule has 2 N–H and O–H groups in total. The van der Waals surface area contributed by atoms with Crippen LogP contribution >= 0.6 is 11.8 Å². The first kappa shape index (κ1) is 17.3. The predicted molar refractivity (Wildman–Crippen MR) is 89.2 cm³/mol. The number of hydrogen-bond acceptors (Lipinski definition) is 3. The average Bonchev–Trinajstić information content (AvgIpc) is 2.48. The highest BCUT2D eigenvalue weighted by atomic mass is 32.2. The fraction of sp³-hybridized carbons (Fsp3) is 0.588. The maximum absolute atomic E-state index is 12.9. The number of hydrogen-bond donors (Lipinski definition) is 1. The number of nitrogens with two attached hydrogens (primary N) is 1. The van der Waals surface area contributed by atoms with Crippen LogP contribution in [-0.2, 0) is 4.79 Å². The van der Waals surface area contributed by atoms with Gasteiger partial charge in [0.25, 0.3) is 0 Å². The van der Waals surface area contributed by atoms with E-state index >= 15 is 0 Å². The van der Waals surface area contributed by atoms with Gasteiger partial charge in [-0.15, -0.1) is 11.8 Å². The van der Waals surface area contributed by atoms with E-state index in [1.54, 1.807) is 23.9 Å². The van der Waals surface area contributed by atoms with Crippen molar-refractivity contribution in [3.05, 3.63) is 30.1 Å². The van der Waals surface area contributed by atoms with Gasteiger partial charge in [-0.25, -0.2) is 4.39 Å². The summed E-state index contributed by atoms with van der Waals surface area (Å²) >= 11 is 1.59. The minimum Gasteiger partial charge on any atom is -0.342 e. The summed E-state index contributed by atoms with van der Waals surface area (Å²) in [5.74, 6) is 0.600. The molecule has 1 heterocycles. The molecule has 0 aliphatic carbocycles. The molecule has 5 heteroatoms. The smallest absolute Gasteiger partial charge is 0.226 e. The van der Waals surface area contributed by atoms with Gasteiger partial charge in [0.15, 0.2) is 0 Å². The normalized spacial score (nSPS) is 22.4. The Labute approximate surface area is 136 Å². The number of carbonyl (C=O) groups is 1. The van der Waals surface area contributed by atoms with E-state index in [1.807, 2.05) is 11.8 Å². The van der Waals surface area contributed by atoms with Gasteiger partial charge in [-0.1, -0.05) is 20.8 Å². The SMILES string of the molecule is CC(CSc1ccc(F)cc1)C(=O)N1CCC(N)C(C)(C)C1. The third-order valence-corrected chi connectivity index (χ3v) is 5.63. The number of halogens is 1. The summed E-state index contributed by atoms with van der Waals surface area (Å²) in [6.45, 7) is 7.66. The number of piperidine rings is 1. The van der Waals surface area contributed by atoms with E-state index in [4.69, 9.17) is 5.73 Å². The zero-order valence-electron chi connectivity index (χ0n) is 13.5. The van der Waals surface area contributed by atoms with Gasteiger partial charge in [0.05, 0.1) is 0 Å². The van der Waals surface area contributed by atoms with Gasteiger partial charge in [-0.05, 0) is 36.1 Å². The lowest BCUT2D eigenvalue weighted by molar-refractivity contribution is -0.137. The second kappa shape index (κ2) is 7.01. The number of likely N-dealkylation sites (tertiary alicyclic amines) is 1. The monoisotopic (exact) mass is 324 g/mol. The molecular weight excluding hydrogens is 299 g/mol. The van der Waals surface area contributed by atoms with Crippen LogP contribution in [0.25, 0.3) is 0 Å². The molecule has 1 saturated heterocycles. The van der Waals surface area contributed by atoms with Crippen molar-refractivity contribution >= 4 is 17.7 Å². The second-order valence-electron chi connectivity index (χ2n) is 6.81. The Morgan fingerprint density at radius 3 is 2.68 bits per heavy atom. The van der Waals surface area contributed by atoms with Crippen molar-refractivity contribution in [2.24, 2.45) is 17.1 Å². The van der Waals surface area contributed by atoms with Crippen molar-refractivity contribution in [2.45, 2.75) is 38.1 Å². The van der Waals surface area contributed by atoms with Gasteiger partial charge in [0.2, 0.25) is 5.91 Å². The Kier molecular flexibility index (Phi) is 5.50. The number of carbonyl (C=O) groups excluding carboxylic acids is 1. The molecule has 1 aliphatic heterocycles. The first-order valence-corrected chi connectivity index (χ1v) is 8.71. The summed E-state index contributed by atoms with van der Waals surface area (Å²) in [7, 11) is 0. The molecule has 1 amide bonds. The van der Waals surface area contributed by atoms with Crippen molar-refractivity contribution in [2.75, 3.05) is 18.8 Å². The molecule has 1 aromatic rings. The Morgan fingerprint density at radius 2 is 2.09 bits per heavy atom. The van der Waals surface area contributed by atoms with Crippen LogP contribution in [0.1, 0.15) is 27.2 Å². The zero-order chi connectivity index (χ0) is 16.3. The molecule has 1 fully saturated rings. The van der Waals surface area contributed by atoms with Crippen molar-refractivity contribution in [1.29, 1.82) is 0 Å². The van der Waals surface area contributed by atoms with E-state index in [9.17, 15) is 9.18 Å². The number of rotatable bonds is 4. The van der Waals surface area contributed by atoms with Crippen molar-refractivity contribution in [3.8, 4) is 0 Å². The predicted octanol–water partition coefficient (Wildman–Crippen LogP) is 3.14. The summed E-state index contributed by atoms with van der Waals surface area (Å²) in [6, 6.07) is 6.55. The third-order valence-electron chi connectivity index (χ3n) is 4.36. The largest absolute Gasteiger partial charge is 0.342 e. The highest BCUT2D eigenvalue weighted by molar-refractivity contribution is 7.99. The average molecular weight is 324 g/mol. The third kappa shape index (κ3) is 4.23. The summed E-state index contributed by atoms with van der Waals surface area (Å²) in [5, 5.41) is 0. The quantitative estimate of drug-likeness (QED) is 0.866. The Bertz CT molecular complexity index is 518. The van der Waals surface area contributed by atoms with Gasteiger partial charge >= 0.3 is 0 Å². The molecular formula is C17H25FN2OS. The molecule has 2 unspecified atom stereocenters. The van der Waals surface area contributed by atoms with Crippen LogP contribution in [0.15, 0.2) is 29.2 Å². The Balaban J connectivity index is 1.88.